The molecule has 0 atom stereocenters. The second-order valence-electron chi connectivity index (χ2n) is 5.40. The molecular formula is C17H20N6O. The average Bonchev–Trinajstić information content (AvgIpc) is 2.62. The Morgan fingerprint density at radius 3 is 2.62 bits per heavy atom. The summed E-state index contributed by atoms with van der Waals surface area (Å²) in [6, 6.07) is 3.57. The van der Waals surface area contributed by atoms with Gasteiger partial charge in [-0.2, -0.15) is 4.98 Å². The summed E-state index contributed by atoms with van der Waals surface area (Å²) >= 11 is 0. The first kappa shape index (κ1) is 16.0. The van der Waals surface area contributed by atoms with Gasteiger partial charge in [-0.3, -0.25) is 0 Å². The summed E-state index contributed by atoms with van der Waals surface area (Å²) in [5, 5.41) is 0. The minimum atomic E-state index is 0.271. The van der Waals surface area contributed by atoms with Crippen LogP contribution in [0, 0.1) is 11.8 Å². The molecule has 0 saturated carbocycles. The van der Waals surface area contributed by atoms with E-state index in [4.69, 9.17) is 16.2 Å². The summed E-state index contributed by atoms with van der Waals surface area (Å²) in [6.45, 7) is 4.89. The van der Waals surface area contributed by atoms with E-state index in [2.05, 4.69) is 31.7 Å². The summed E-state index contributed by atoms with van der Waals surface area (Å²) in [6.07, 6.45) is 2.38. The lowest BCUT2D eigenvalue weighted by atomic mass is 10.1. The second kappa shape index (κ2) is 7.15. The Labute approximate surface area is 141 Å². The predicted octanol–water partition coefficient (Wildman–Crippen LogP) is 0.835. The molecule has 0 amide bonds. The number of nitrogen functional groups attached to an aromatic ring is 2. The number of aryl methyl sites for hydroxylation is 1. The molecule has 0 spiro atoms. The lowest BCUT2D eigenvalue weighted by molar-refractivity contribution is 0.122. The molecule has 24 heavy (non-hydrogen) atoms. The van der Waals surface area contributed by atoms with E-state index in [1.807, 2.05) is 13.0 Å². The number of ether oxygens (including phenoxy) is 1. The molecule has 4 N–H and O–H groups in total. The molecule has 0 radical (unpaired) electrons. The number of rotatable bonds is 2. The topological polar surface area (TPSA) is 103 Å². The number of nitrogens with zero attached hydrogens (tertiary/aromatic N) is 4. The Bertz CT molecular complexity index is 772. The maximum atomic E-state index is 5.88. The van der Waals surface area contributed by atoms with Gasteiger partial charge in [0.15, 0.2) is 5.82 Å². The molecular weight excluding hydrogens is 304 g/mol. The van der Waals surface area contributed by atoms with Crippen LogP contribution < -0.4 is 16.4 Å². The number of hydrogen-bond acceptors (Lipinski definition) is 7. The zero-order chi connectivity index (χ0) is 16.9. The molecule has 1 aliphatic rings. The van der Waals surface area contributed by atoms with Gasteiger partial charge in [-0.15, -0.1) is 0 Å². The normalized spacial score (nSPS) is 14.1. The number of pyridine rings is 1. The highest BCUT2D eigenvalue weighted by molar-refractivity contribution is 5.61. The molecule has 3 rings (SSSR count). The predicted molar refractivity (Wildman–Crippen MR) is 93.5 cm³/mol. The van der Waals surface area contributed by atoms with Gasteiger partial charge in [-0.25, -0.2) is 9.97 Å². The number of nitrogens with two attached hydrogens (primary N) is 2. The zero-order valence-electron chi connectivity index (χ0n) is 13.6. The van der Waals surface area contributed by atoms with Crippen molar-refractivity contribution in [3.8, 4) is 11.8 Å². The smallest absolute Gasteiger partial charge is 0.222 e. The number of aromatic nitrogens is 3. The van der Waals surface area contributed by atoms with Crippen molar-refractivity contribution in [3.05, 3.63) is 35.2 Å². The molecule has 1 saturated heterocycles. The first-order chi connectivity index (χ1) is 11.7. The van der Waals surface area contributed by atoms with E-state index in [9.17, 15) is 0 Å². The number of morpholine rings is 1. The van der Waals surface area contributed by atoms with Gasteiger partial charge in [0.05, 0.1) is 24.5 Å². The fourth-order valence-electron chi connectivity index (χ4n) is 2.51. The fourth-order valence-corrected chi connectivity index (χ4v) is 2.51. The van der Waals surface area contributed by atoms with Gasteiger partial charge < -0.3 is 21.1 Å². The highest BCUT2D eigenvalue weighted by Gasteiger charge is 2.19. The summed E-state index contributed by atoms with van der Waals surface area (Å²) in [5.74, 6) is 7.83. The monoisotopic (exact) mass is 324 g/mol. The molecule has 7 heteroatoms. The van der Waals surface area contributed by atoms with Crippen LogP contribution in [0.15, 0.2) is 18.3 Å². The van der Waals surface area contributed by atoms with E-state index in [1.165, 1.54) is 0 Å². The Hall–Kier alpha value is -2.85. The van der Waals surface area contributed by atoms with Crippen molar-refractivity contribution < 1.29 is 4.74 Å². The van der Waals surface area contributed by atoms with Crippen LogP contribution in [0.25, 0.3) is 0 Å². The van der Waals surface area contributed by atoms with Crippen molar-refractivity contribution in [2.45, 2.75) is 13.3 Å². The van der Waals surface area contributed by atoms with Crippen molar-refractivity contribution in [2.24, 2.45) is 0 Å². The molecule has 0 aliphatic carbocycles. The molecule has 1 aliphatic heterocycles. The van der Waals surface area contributed by atoms with E-state index in [-0.39, 0.29) is 5.95 Å². The molecule has 2 aromatic heterocycles. The molecule has 0 bridgehead atoms. The van der Waals surface area contributed by atoms with Crippen molar-refractivity contribution in [1.29, 1.82) is 0 Å². The zero-order valence-corrected chi connectivity index (χ0v) is 13.6. The van der Waals surface area contributed by atoms with Crippen LogP contribution in [0.5, 0.6) is 0 Å². The lowest BCUT2D eigenvalue weighted by Gasteiger charge is -2.29. The molecule has 124 valence electrons. The van der Waals surface area contributed by atoms with Crippen LogP contribution in [-0.4, -0.2) is 41.3 Å². The van der Waals surface area contributed by atoms with Crippen molar-refractivity contribution >= 4 is 17.6 Å². The van der Waals surface area contributed by atoms with Crippen LogP contribution in [0.2, 0.25) is 0 Å². The van der Waals surface area contributed by atoms with Gasteiger partial charge in [0.2, 0.25) is 5.95 Å². The second-order valence-corrected chi connectivity index (χ2v) is 5.40. The number of hydrogen-bond donors (Lipinski definition) is 2. The minimum absolute atomic E-state index is 0.271. The van der Waals surface area contributed by atoms with Gasteiger partial charge >= 0.3 is 0 Å². The first-order valence-corrected chi connectivity index (χ1v) is 7.90. The van der Waals surface area contributed by atoms with E-state index in [1.54, 1.807) is 12.3 Å². The Balaban J connectivity index is 2.03. The third kappa shape index (κ3) is 3.55. The summed E-state index contributed by atoms with van der Waals surface area (Å²) in [4.78, 5) is 15.0. The molecule has 1 fully saturated rings. The van der Waals surface area contributed by atoms with E-state index < -0.39 is 0 Å². The van der Waals surface area contributed by atoms with Crippen LogP contribution in [-0.2, 0) is 11.2 Å². The standard InChI is InChI=1S/C17H20N6O/c1-2-14-13(5-3-12-4-6-15(18)20-11-12)16(22-17(19)21-14)23-7-9-24-10-8-23/h4,6,11H,2,7-10H2,1H3,(H2,18,20)(H2,19,21,22). The van der Waals surface area contributed by atoms with Crippen LogP contribution in [0.1, 0.15) is 23.7 Å². The lowest BCUT2D eigenvalue weighted by Crippen LogP contribution is -2.37. The van der Waals surface area contributed by atoms with Gasteiger partial charge in [-0.1, -0.05) is 18.8 Å². The highest BCUT2D eigenvalue weighted by Crippen LogP contribution is 2.22. The minimum Gasteiger partial charge on any atom is -0.384 e. The van der Waals surface area contributed by atoms with E-state index >= 15 is 0 Å². The average molecular weight is 324 g/mol. The van der Waals surface area contributed by atoms with Crippen molar-refractivity contribution in [2.75, 3.05) is 42.7 Å². The third-order valence-electron chi connectivity index (χ3n) is 3.75. The van der Waals surface area contributed by atoms with Crippen molar-refractivity contribution in [3.63, 3.8) is 0 Å². The summed E-state index contributed by atoms with van der Waals surface area (Å²) < 4.78 is 5.42. The fraction of sp³-hybridized carbons (Fsp3) is 0.353. The van der Waals surface area contributed by atoms with Gasteiger partial charge in [-0.05, 0) is 18.6 Å². The maximum Gasteiger partial charge on any atom is 0.222 e. The Kier molecular flexibility index (Phi) is 4.77. The highest BCUT2D eigenvalue weighted by atomic mass is 16.5. The van der Waals surface area contributed by atoms with Crippen LogP contribution in [0.4, 0.5) is 17.6 Å². The van der Waals surface area contributed by atoms with Crippen LogP contribution in [0.3, 0.4) is 0 Å². The quantitative estimate of drug-likeness (QED) is 0.789. The van der Waals surface area contributed by atoms with Gasteiger partial charge in [0.25, 0.3) is 0 Å². The van der Waals surface area contributed by atoms with Gasteiger partial charge in [0.1, 0.15) is 5.82 Å². The van der Waals surface area contributed by atoms with E-state index in [0.717, 1.165) is 42.1 Å². The van der Waals surface area contributed by atoms with Gasteiger partial charge in [0, 0.05) is 24.8 Å². The Morgan fingerprint density at radius 1 is 1.17 bits per heavy atom. The molecule has 0 unspecified atom stereocenters. The largest absolute Gasteiger partial charge is 0.384 e. The van der Waals surface area contributed by atoms with Crippen LogP contribution >= 0.6 is 0 Å². The molecule has 7 nitrogen and oxygen atoms in total. The SMILES string of the molecule is CCc1nc(N)nc(N2CCOCC2)c1C#Cc1ccc(N)nc1. The molecule has 0 aromatic carbocycles. The molecule has 2 aromatic rings. The first-order valence-electron chi connectivity index (χ1n) is 7.90. The Morgan fingerprint density at radius 2 is 1.96 bits per heavy atom. The summed E-state index contributed by atoms with van der Waals surface area (Å²) in [7, 11) is 0. The summed E-state index contributed by atoms with van der Waals surface area (Å²) in [5.41, 5.74) is 13.9. The number of anilines is 3. The third-order valence-corrected chi connectivity index (χ3v) is 3.75. The molecule has 3 heterocycles. The van der Waals surface area contributed by atoms with E-state index in [0.29, 0.717) is 19.0 Å². The van der Waals surface area contributed by atoms with Crippen molar-refractivity contribution in [1.82, 2.24) is 15.0 Å². The maximum absolute atomic E-state index is 5.88.